The van der Waals surface area contributed by atoms with Gasteiger partial charge in [-0.05, 0) is 102 Å². The Morgan fingerprint density at radius 1 is 1.02 bits per heavy atom. The van der Waals surface area contributed by atoms with Gasteiger partial charge in [0.05, 0.1) is 0 Å². The summed E-state index contributed by atoms with van der Waals surface area (Å²) in [4.78, 5) is 43.2. The van der Waals surface area contributed by atoms with Gasteiger partial charge in [0.2, 0.25) is 11.8 Å². The lowest BCUT2D eigenvalue weighted by Gasteiger charge is -2.44. The first-order valence-corrected chi connectivity index (χ1v) is 14.8. The highest BCUT2D eigenvalue weighted by Gasteiger charge is 2.42. The van der Waals surface area contributed by atoms with Gasteiger partial charge in [0.25, 0.3) is 0 Å². The fourth-order valence-electron chi connectivity index (χ4n) is 5.08. The molecular formula is C33H47N3O5. The second-order valence-corrected chi connectivity index (χ2v) is 12.3. The highest BCUT2D eigenvalue weighted by Crippen LogP contribution is 2.35. The molecule has 3 N–H and O–H groups in total. The van der Waals surface area contributed by atoms with E-state index in [-0.39, 0.29) is 36.1 Å². The number of nitrogens with one attached hydrogen (secondary N) is 2. The number of alkyl carbamates (subject to hydrolysis) is 1. The number of carbonyl (C=O) groups excluding carboxylic acids is 3. The van der Waals surface area contributed by atoms with E-state index < -0.39 is 23.8 Å². The summed E-state index contributed by atoms with van der Waals surface area (Å²) in [6.07, 6.45) is 3.75. The molecular weight excluding hydrogens is 518 g/mol. The highest BCUT2D eigenvalue weighted by atomic mass is 16.6. The van der Waals surface area contributed by atoms with Crippen molar-refractivity contribution in [2.45, 2.75) is 117 Å². The molecule has 0 aromatic heterocycles. The second kappa shape index (κ2) is 13.9. The second-order valence-electron chi connectivity index (χ2n) is 12.3. The van der Waals surface area contributed by atoms with Gasteiger partial charge in [-0.1, -0.05) is 43.7 Å². The van der Waals surface area contributed by atoms with Crippen molar-refractivity contribution in [3.8, 4) is 5.75 Å². The molecule has 41 heavy (non-hydrogen) atoms. The molecule has 3 amide bonds. The molecule has 1 aliphatic carbocycles. The lowest BCUT2D eigenvalue weighted by atomic mass is 9.87. The standard InChI is InChI=1S/C33H47N3O5/c1-8-10-23(4)34-30(38)29(25-16-13-21(2)22(3)19-25)36(26-11-9-12-26)31(39)28(35-32(40)41-33(5,6)7)20-24-14-17-27(37)18-15-24/h13-19,23,26,28-29,37H,8-12,20H2,1-7H3,(H,34,38)(H,35,40). The van der Waals surface area contributed by atoms with E-state index in [2.05, 4.69) is 17.6 Å². The summed E-state index contributed by atoms with van der Waals surface area (Å²) >= 11 is 0. The van der Waals surface area contributed by atoms with Crippen LogP contribution in [-0.2, 0) is 20.7 Å². The number of rotatable bonds is 11. The first-order valence-electron chi connectivity index (χ1n) is 14.8. The normalized spacial score (nSPS) is 15.7. The minimum atomic E-state index is -0.982. The number of hydrogen-bond donors (Lipinski definition) is 3. The Balaban J connectivity index is 2.06. The van der Waals surface area contributed by atoms with Crippen LogP contribution < -0.4 is 10.6 Å². The third kappa shape index (κ3) is 8.97. The molecule has 224 valence electrons. The van der Waals surface area contributed by atoms with E-state index in [1.54, 1.807) is 49.9 Å². The number of phenolic OH excluding ortho intramolecular Hbond substituents is 1. The van der Waals surface area contributed by atoms with Crippen LogP contribution in [0.2, 0.25) is 0 Å². The lowest BCUT2D eigenvalue weighted by molar-refractivity contribution is -0.147. The van der Waals surface area contributed by atoms with Crippen LogP contribution in [0, 0.1) is 13.8 Å². The number of phenols is 1. The number of benzene rings is 2. The average molecular weight is 566 g/mol. The summed E-state index contributed by atoms with van der Waals surface area (Å²) < 4.78 is 5.52. The van der Waals surface area contributed by atoms with E-state index in [9.17, 15) is 19.5 Å². The molecule has 3 atom stereocenters. The van der Waals surface area contributed by atoms with Crippen molar-refractivity contribution < 1.29 is 24.2 Å². The van der Waals surface area contributed by atoms with Crippen LogP contribution >= 0.6 is 0 Å². The van der Waals surface area contributed by atoms with E-state index in [4.69, 9.17) is 4.74 Å². The van der Waals surface area contributed by atoms with Gasteiger partial charge >= 0.3 is 6.09 Å². The van der Waals surface area contributed by atoms with Crippen LogP contribution in [0.1, 0.15) is 95.0 Å². The molecule has 8 heteroatoms. The van der Waals surface area contributed by atoms with Gasteiger partial charge in [-0.15, -0.1) is 0 Å². The molecule has 2 aromatic carbocycles. The molecule has 0 heterocycles. The number of aryl methyl sites for hydroxylation is 2. The van der Waals surface area contributed by atoms with E-state index in [1.165, 1.54) is 0 Å². The molecule has 0 aliphatic heterocycles. The van der Waals surface area contributed by atoms with Crippen LogP contribution in [-0.4, -0.2) is 51.6 Å². The molecule has 1 saturated carbocycles. The Morgan fingerprint density at radius 2 is 1.68 bits per heavy atom. The Labute approximate surface area is 244 Å². The van der Waals surface area contributed by atoms with Gasteiger partial charge in [-0.2, -0.15) is 0 Å². The van der Waals surface area contributed by atoms with Crippen molar-refractivity contribution in [2.24, 2.45) is 0 Å². The fraction of sp³-hybridized carbons (Fsp3) is 0.545. The summed E-state index contributed by atoms with van der Waals surface area (Å²) in [5.74, 6) is -0.453. The maximum absolute atomic E-state index is 14.6. The number of nitrogens with zero attached hydrogens (tertiary/aromatic N) is 1. The lowest BCUT2D eigenvalue weighted by Crippen LogP contribution is -2.58. The first kappa shape index (κ1) is 32.0. The van der Waals surface area contributed by atoms with Crippen molar-refractivity contribution in [2.75, 3.05) is 0 Å². The minimum absolute atomic E-state index is 0.0485. The van der Waals surface area contributed by atoms with Crippen molar-refractivity contribution >= 4 is 17.9 Å². The summed E-state index contributed by atoms with van der Waals surface area (Å²) in [5, 5.41) is 15.7. The summed E-state index contributed by atoms with van der Waals surface area (Å²) in [5.41, 5.74) is 2.90. The van der Waals surface area contributed by atoms with Crippen molar-refractivity contribution in [3.63, 3.8) is 0 Å². The van der Waals surface area contributed by atoms with E-state index in [0.717, 1.165) is 54.4 Å². The topological polar surface area (TPSA) is 108 Å². The number of aromatic hydroxyl groups is 1. The van der Waals surface area contributed by atoms with Crippen LogP contribution in [0.25, 0.3) is 0 Å². The summed E-state index contributed by atoms with van der Waals surface area (Å²) in [7, 11) is 0. The number of ether oxygens (including phenoxy) is 1. The number of carbonyl (C=O) groups is 3. The molecule has 8 nitrogen and oxygen atoms in total. The molecule has 0 radical (unpaired) electrons. The third-order valence-corrected chi connectivity index (χ3v) is 7.57. The average Bonchev–Trinajstić information content (AvgIpc) is 2.84. The predicted octanol–water partition coefficient (Wildman–Crippen LogP) is 5.87. The zero-order valence-corrected chi connectivity index (χ0v) is 25.6. The largest absolute Gasteiger partial charge is 0.508 e. The van der Waals surface area contributed by atoms with Crippen molar-refractivity contribution in [1.82, 2.24) is 15.5 Å². The molecule has 1 fully saturated rings. The molecule has 2 aromatic rings. The van der Waals surface area contributed by atoms with Crippen LogP contribution in [0.5, 0.6) is 5.75 Å². The van der Waals surface area contributed by atoms with Gasteiger partial charge in [0.15, 0.2) is 0 Å². The molecule has 3 rings (SSSR count). The fourth-order valence-corrected chi connectivity index (χ4v) is 5.08. The third-order valence-electron chi connectivity index (χ3n) is 7.57. The van der Waals surface area contributed by atoms with Crippen LogP contribution in [0.15, 0.2) is 42.5 Å². The summed E-state index contributed by atoms with van der Waals surface area (Å²) in [6.45, 7) is 13.4. The summed E-state index contributed by atoms with van der Waals surface area (Å²) in [6, 6.07) is 10.4. The van der Waals surface area contributed by atoms with Gasteiger partial charge in [-0.25, -0.2) is 4.79 Å². The van der Waals surface area contributed by atoms with Crippen LogP contribution in [0.3, 0.4) is 0 Å². The Morgan fingerprint density at radius 3 is 2.22 bits per heavy atom. The van der Waals surface area contributed by atoms with Crippen LogP contribution in [0.4, 0.5) is 4.79 Å². The van der Waals surface area contributed by atoms with Crippen molar-refractivity contribution in [3.05, 3.63) is 64.7 Å². The maximum Gasteiger partial charge on any atom is 0.408 e. The monoisotopic (exact) mass is 565 g/mol. The highest BCUT2D eigenvalue weighted by molar-refractivity contribution is 5.92. The Kier molecular flexibility index (Phi) is 10.8. The SMILES string of the molecule is CCCC(C)NC(=O)C(c1ccc(C)c(C)c1)N(C(=O)C(Cc1ccc(O)cc1)NC(=O)OC(C)(C)C)C1CCC1. The number of amides is 3. The molecule has 3 unspecified atom stereocenters. The van der Waals surface area contributed by atoms with Gasteiger partial charge in [0, 0.05) is 18.5 Å². The van der Waals surface area contributed by atoms with Gasteiger partial charge in [-0.3, -0.25) is 9.59 Å². The van der Waals surface area contributed by atoms with Gasteiger partial charge in [0.1, 0.15) is 23.4 Å². The van der Waals surface area contributed by atoms with E-state index in [0.29, 0.717) is 0 Å². The first-order chi connectivity index (χ1) is 19.3. The van der Waals surface area contributed by atoms with Gasteiger partial charge < -0.3 is 25.4 Å². The minimum Gasteiger partial charge on any atom is -0.508 e. The maximum atomic E-state index is 14.6. The molecule has 0 saturated heterocycles. The number of hydrogen-bond acceptors (Lipinski definition) is 5. The van der Waals surface area contributed by atoms with E-state index >= 15 is 0 Å². The quantitative estimate of drug-likeness (QED) is 0.316. The van der Waals surface area contributed by atoms with E-state index in [1.807, 2.05) is 39.0 Å². The Hall–Kier alpha value is -3.55. The molecule has 1 aliphatic rings. The van der Waals surface area contributed by atoms with Crippen molar-refractivity contribution in [1.29, 1.82) is 0 Å². The predicted molar refractivity (Wildman–Crippen MR) is 161 cm³/mol. The Bertz CT molecular complexity index is 1200. The molecule has 0 spiro atoms. The molecule has 0 bridgehead atoms. The zero-order valence-electron chi connectivity index (χ0n) is 25.6. The zero-order chi connectivity index (χ0) is 30.3. The smallest absolute Gasteiger partial charge is 0.408 e.